The fraction of sp³-hybridized carbons (Fsp3) is 0.357. The summed E-state index contributed by atoms with van der Waals surface area (Å²) in [6.45, 7) is 5.65. The van der Waals surface area contributed by atoms with Gasteiger partial charge in [-0.3, -0.25) is 0 Å². The molecule has 0 aliphatic rings. The molecule has 0 bridgehead atoms. The van der Waals surface area contributed by atoms with Gasteiger partial charge >= 0.3 is 0 Å². The van der Waals surface area contributed by atoms with E-state index in [1.54, 1.807) is 0 Å². The molecular weight excluding hydrogens is 212 g/mol. The molecule has 1 heterocycles. The van der Waals surface area contributed by atoms with E-state index in [0.29, 0.717) is 6.61 Å². The molecule has 0 fully saturated rings. The molecule has 0 unspecified atom stereocenters. The third kappa shape index (κ3) is 2.87. The first kappa shape index (κ1) is 11.7. The second-order valence-corrected chi connectivity index (χ2v) is 3.98. The van der Waals surface area contributed by atoms with E-state index in [2.05, 4.69) is 22.5 Å². The minimum Gasteiger partial charge on any atom is -0.491 e. The molecule has 0 saturated carbocycles. The maximum absolute atomic E-state index is 5.81. The molecule has 0 aliphatic carbocycles. The first-order chi connectivity index (χ1) is 8.31. The number of nitrogens with zero attached hydrogens (tertiary/aromatic N) is 2. The van der Waals surface area contributed by atoms with Crippen molar-refractivity contribution in [2.24, 2.45) is 0 Å². The standard InChI is InChI=1S/C14H18N2O/c1-3-13-6-4-5-7-14(13)17-11-10-16-9-8-15-12(16)2/h4-9H,3,10-11H2,1-2H3. The van der Waals surface area contributed by atoms with Crippen LogP contribution in [-0.2, 0) is 13.0 Å². The molecule has 0 radical (unpaired) electrons. The molecule has 0 saturated heterocycles. The molecule has 2 aromatic rings. The van der Waals surface area contributed by atoms with Crippen LogP contribution in [0.4, 0.5) is 0 Å². The van der Waals surface area contributed by atoms with Gasteiger partial charge in [0.25, 0.3) is 0 Å². The van der Waals surface area contributed by atoms with Crippen molar-refractivity contribution in [2.45, 2.75) is 26.8 Å². The van der Waals surface area contributed by atoms with E-state index < -0.39 is 0 Å². The monoisotopic (exact) mass is 230 g/mol. The van der Waals surface area contributed by atoms with Gasteiger partial charge in [-0.05, 0) is 25.0 Å². The Balaban J connectivity index is 1.92. The van der Waals surface area contributed by atoms with Gasteiger partial charge in [0, 0.05) is 12.4 Å². The van der Waals surface area contributed by atoms with Crippen LogP contribution in [-0.4, -0.2) is 16.2 Å². The van der Waals surface area contributed by atoms with Crippen LogP contribution in [0.5, 0.6) is 5.75 Å². The predicted molar refractivity (Wildman–Crippen MR) is 68.3 cm³/mol. The lowest BCUT2D eigenvalue weighted by atomic mass is 10.1. The Hall–Kier alpha value is -1.77. The Bertz CT molecular complexity index is 477. The van der Waals surface area contributed by atoms with Gasteiger partial charge in [-0.25, -0.2) is 4.98 Å². The summed E-state index contributed by atoms with van der Waals surface area (Å²) in [4.78, 5) is 4.18. The summed E-state index contributed by atoms with van der Waals surface area (Å²) in [5.74, 6) is 2.02. The number of aromatic nitrogens is 2. The van der Waals surface area contributed by atoms with Crippen molar-refractivity contribution in [3.05, 3.63) is 48.0 Å². The highest BCUT2D eigenvalue weighted by Crippen LogP contribution is 2.18. The Labute approximate surface area is 102 Å². The number of hydrogen-bond acceptors (Lipinski definition) is 2. The summed E-state index contributed by atoms with van der Waals surface area (Å²) >= 11 is 0. The molecule has 3 nitrogen and oxygen atoms in total. The Morgan fingerprint density at radius 3 is 2.82 bits per heavy atom. The number of hydrogen-bond donors (Lipinski definition) is 0. The Morgan fingerprint density at radius 2 is 2.12 bits per heavy atom. The van der Waals surface area contributed by atoms with Crippen LogP contribution in [0.15, 0.2) is 36.7 Å². The molecule has 0 spiro atoms. The van der Waals surface area contributed by atoms with E-state index in [0.717, 1.165) is 24.5 Å². The van der Waals surface area contributed by atoms with Crippen molar-refractivity contribution in [2.75, 3.05) is 6.61 Å². The zero-order valence-electron chi connectivity index (χ0n) is 10.4. The third-order valence-corrected chi connectivity index (χ3v) is 2.87. The summed E-state index contributed by atoms with van der Waals surface area (Å²) in [7, 11) is 0. The fourth-order valence-corrected chi connectivity index (χ4v) is 1.83. The molecular formula is C14H18N2O. The van der Waals surface area contributed by atoms with Gasteiger partial charge in [0.05, 0.1) is 6.54 Å². The van der Waals surface area contributed by atoms with Gasteiger partial charge in [-0.15, -0.1) is 0 Å². The Morgan fingerprint density at radius 1 is 1.29 bits per heavy atom. The van der Waals surface area contributed by atoms with Crippen molar-refractivity contribution < 1.29 is 4.74 Å². The third-order valence-electron chi connectivity index (χ3n) is 2.87. The van der Waals surface area contributed by atoms with E-state index in [1.807, 2.05) is 37.5 Å². The minimum atomic E-state index is 0.675. The van der Waals surface area contributed by atoms with Gasteiger partial charge in [0.1, 0.15) is 18.2 Å². The van der Waals surface area contributed by atoms with Crippen LogP contribution < -0.4 is 4.74 Å². The number of benzene rings is 1. The first-order valence-corrected chi connectivity index (χ1v) is 5.99. The summed E-state index contributed by atoms with van der Waals surface area (Å²) in [6.07, 6.45) is 4.79. The van der Waals surface area contributed by atoms with Crippen LogP contribution in [0.1, 0.15) is 18.3 Å². The molecule has 0 aliphatic heterocycles. The number of rotatable bonds is 5. The van der Waals surface area contributed by atoms with Gasteiger partial charge in [0.15, 0.2) is 0 Å². The highest BCUT2D eigenvalue weighted by molar-refractivity contribution is 5.33. The second-order valence-electron chi connectivity index (χ2n) is 3.98. The van der Waals surface area contributed by atoms with Crippen LogP contribution in [0.2, 0.25) is 0 Å². The van der Waals surface area contributed by atoms with E-state index >= 15 is 0 Å². The van der Waals surface area contributed by atoms with Gasteiger partial charge in [0.2, 0.25) is 0 Å². The quantitative estimate of drug-likeness (QED) is 0.789. The summed E-state index contributed by atoms with van der Waals surface area (Å²) < 4.78 is 7.90. The average Bonchev–Trinajstić information content (AvgIpc) is 2.76. The van der Waals surface area contributed by atoms with Gasteiger partial charge in [-0.1, -0.05) is 25.1 Å². The molecule has 3 heteroatoms. The molecule has 1 aromatic carbocycles. The highest BCUT2D eigenvalue weighted by atomic mass is 16.5. The lowest BCUT2D eigenvalue weighted by molar-refractivity contribution is 0.294. The predicted octanol–water partition coefficient (Wildman–Crippen LogP) is 2.83. The zero-order valence-corrected chi connectivity index (χ0v) is 10.4. The van der Waals surface area contributed by atoms with Gasteiger partial charge in [-0.2, -0.15) is 0 Å². The molecule has 17 heavy (non-hydrogen) atoms. The second kappa shape index (κ2) is 5.53. The largest absolute Gasteiger partial charge is 0.491 e. The summed E-state index contributed by atoms with van der Waals surface area (Å²) in [6, 6.07) is 8.19. The van der Waals surface area contributed by atoms with E-state index in [9.17, 15) is 0 Å². The first-order valence-electron chi connectivity index (χ1n) is 5.99. The molecule has 0 N–H and O–H groups in total. The molecule has 2 rings (SSSR count). The lowest BCUT2D eigenvalue weighted by Crippen LogP contribution is -2.09. The van der Waals surface area contributed by atoms with Gasteiger partial charge < -0.3 is 9.30 Å². The topological polar surface area (TPSA) is 27.1 Å². The maximum Gasteiger partial charge on any atom is 0.122 e. The normalized spacial score (nSPS) is 10.5. The van der Waals surface area contributed by atoms with Crippen LogP contribution in [0, 0.1) is 6.92 Å². The maximum atomic E-state index is 5.81. The fourth-order valence-electron chi connectivity index (χ4n) is 1.83. The van der Waals surface area contributed by atoms with E-state index in [-0.39, 0.29) is 0 Å². The summed E-state index contributed by atoms with van der Waals surface area (Å²) in [5.41, 5.74) is 1.26. The minimum absolute atomic E-state index is 0.675. The van der Waals surface area contributed by atoms with E-state index in [4.69, 9.17) is 4.74 Å². The van der Waals surface area contributed by atoms with Crippen molar-refractivity contribution >= 4 is 0 Å². The number of ether oxygens (including phenoxy) is 1. The molecule has 90 valence electrons. The number of para-hydroxylation sites is 1. The van der Waals surface area contributed by atoms with Crippen LogP contribution >= 0.6 is 0 Å². The van der Waals surface area contributed by atoms with Crippen molar-refractivity contribution in [1.82, 2.24) is 9.55 Å². The molecule has 1 aromatic heterocycles. The molecule has 0 amide bonds. The SMILES string of the molecule is CCc1ccccc1OCCn1ccnc1C. The smallest absolute Gasteiger partial charge is 0.122 e. The highest BCUT2D eigenvalue weighted by Gasteiger charge is 2.01. The lowest BCUT2D eigenvalue weighted by Gasteiger charge is -2.11. The van der Waals surface area contributed by atoms with E-state index in [1.165, 1.54) is 5.56 Å². The average molecular weight is 230 g/mol. The number of aryl methyl sites for hydroxylation is 2. The zero-order chi connectivity index (χ0) is 12.1. The van der Waals surface area contributed by atoms with Crippen molar-refractivity contribution in [3.63, 3.8) is 0 Å². The summed E-state index contributed by atoms with van der Waals surface area (Å²) in [5, 5.41) is 0. The van der Waals surface area contributed by atoms with Crippen molar-refractivity contribution in [3.8, 4) is 5.75 Å². The van der Waals surface area contributed by atoms with Crippen molar-refractivity contribution in [1.29, 1.82) is 0 Å². The molecule has 0 atom stereocenters. The Kier molecular flexibility index (Phi) is 3.81. The van der Waals surface area contributed by atoms with Crippen LogP contribution in [0.25, 0.3) is 0 Å². The van der Waals surface area contributed by atoms with Crippen LogP contribution in [0.3, 0.4) is 0 Å². The number of imidazole rings is 1.